The molecule has 0 aromatic rings. The molecule has 6 atom stereocenters. The van der Waals surface area contributed by atoms with Crippen LogP contribution in [0.2, 0.25) is 0 Å². The number of hydrogen-bond donors (Lipinski definition) is 2. The van der Waals surface area contributed by atoms with Crippen molar-refractivity contribution in [1.82, 2.24) is 10.2 Å². The number of cyclic esters (lactones) is 1. The second-order valence-corrected chi connectivity index (χ2v) is 12.6. The van der Waals surface area contributed by atoms with Crippen LogP contribution >= 0.6 is 0 Å². The Balaban J connectivity index is 0.000000974. The van der Waals surface area contributed by atoms with Gasteiger partial charge in [0.2, 0.25) is 0 Å². The molecule has 3 heterocycles. The van der Waals surface area contributed by atoms with E-state index in [9.17, 15) is 9.59 Å². The lowest BCUT2D eigenvalue weighted by molar-refractivity contribution is -0.169. The summed E-state index contributed by atoms with van der Waals surface area (Å²) in [4.78, 5) is 27.2. The van der Waals surface area contributed by atoms with Crippen LogP contribution in [0.15, 0.2) is 13.2 Å². The van der Waals surface area contributed by atoms with E-state index in [-0.39, 0.29) is 29.3 Å². The van der Waals surface area contributed by atoms with E-state index in [1.54, 1.807) is 6.92 Å². The lowest BCUT2D eigenvalue weighted by atomic mass is 9.78. The zero-order chi connectivity index (χ0) is 30.7. The van der Waals surface area contributed by atoms with E-state index in [2.05, 4.69) is 51.1 Å². The van der Waals surface area contributed by atoms with Gasteiger partial charge in [0.25, 0.3) is 0 Å². The fourth-order valence-electron chi connectivity index (χ4n) is 5.80. The third-order valence-corrected chi connectivity index (χ3v) is 7.92. The smallest absolute Gasteiger partial charge is 0.316 e. The monoisotopic (exact) mass is 568 g/mol. The quantitative estimate of drug-likeness (QED) is 0.231. The number of aliphatic hydroxyl groups excluding tert-OH is 1. The van der Waals surface area contributed by atoms with Gasteiger partial charge in [-0.2, -0.15) is 0 Å². The number of ketones is 1. The third kappa shape index (κ3) is 16.9. The number of hydrogen-bond acceptors (Lipinski definition) is 7. The Morgan fingerprint density at radius 3 is 2.23 bits per heavy atom. The van der Waals surface area contributed by atoms with Crippen LogP contribution in [0, 0.1) is 23.2 Å². The normalized spacial score (nSPS) is 31.7. The maximum atomic E-state index is 12.4. The molecule has 2 N–H and O–H groups in total. The number of Topliss-reactive ketones (excluding diaryl/α,β-unsaturated/α-hetero) is 1. The molecule has 7 heteroatoms. The highest BCUT2D eigenvalue weighted by molar-refractivity contribution is 5.98. The molecule has 0 aromatic heterocycles. The summed E-state index contributed by atoms with van der Waals surface area (Å²) in [6.45, 7) is 27.4. The fourth-order valence-corrected chi connectivity index (χ4v) is 5.80. The maximum Gasteiger partial charge on any atom is 0.316 e. The molecular weight excluding hydrogens is 504 g/mol. The van der Waals surface area contributed by atoms with Crippen molar-refractivity contribution in [1.29, 1.82) is 0 Å². The lowest BCUT2D eigenvalue weighted by Crippen LogP contribution is -2.39. The number of nitrogens with one attached hydrogen (secondary N) is 1. The van der Waals surface area contributed by atoms with Crippen molar-refractivity contribution in [2.75, 3.05) is 32.8 Å². The van der Waals surface area contributed by atoms with Gasteiger partial charge in [-0.3, -0.25) is 9.59 Å². The van der Waals surface area contributed by atoms with Crippen molar-refractivity contribution in [3.05, 3.63) is 13.2 Å². The molecule has 0 unspecified atom stereocenters. The molecule has 236 valence electrons. The summed E-state index contributed by atoms with van der Waals surface area (Å²) < 4.78 is 10.6. The van der Waals surface area contributed by atoms with Crippen LogP contribution in [-0.2, 0) is 19.1 Å². The van der Waals surface area contributed by atoms with Gasteiger partial charge in [0, 0.05) is 18.9 Å². The highest BCUT2D eigenvalue weighted by Gasteiger charge is 2.29. The van der Waals surface area contributed by atoms with Gasteiger partial charge >= 0.3 is 5.97 Å². The predicted molar refractivity (Wildman–Crippen MR) is 166 cm³/mol. The van der Waals surface area contributed by atoms with Crippen LogP contribution in [-0.4, -0.2) is 73.0 Å². The molecule has 40 heavy (non-hydrogen) atoms. The van der Waals surface area contributed by atoms with Crippen molar-refractivity contribution in [3.63, 3.8) is 0 Å². The van der Waals surface area contributed by atoms with E-state index < -0.39 is 12.2 Å². The van der Waals surface area contributed by atoms with Crippen molar-refractivity contribution < 1.29 is 24.2 Å². The van der Waals surface area contributed by atoms with Gasteiger partial charge in [-0.25, -0.2) is 0 Å². The van der Waals surface area contributed by atoms with E-state index in [0.717, 1.165) is 51.6 Å². The van der Waals surface area contributed by atoms with Crippen LogP contribution in [0.1, 0.15) is 113 Å². The minimum Gasteiger partial charge on any atom is -0.463 e. The first-order valence-corrected chi connectivity index (χ1v) is 15.9. The minimum atomic E-state index is -0.649. The van der Waals surface area contributed by atoms with Gasteiger partial charge in [-0.1, -0.05) is 41.5 Å². The zero-order valence-corrected chi connectivity index (χ0v) is 27.3. The van der Waals surface area contributed by atoms with Crippen LogP contribution in [0.5, 0.6) is 0 Å². The number of ether oxygens (including phenoxy) is 2. The number of esters is 1. The van der Waals surface area contributed by atoms with Crippen molar-refractivity contribution in [2.24, 2.45) is 23.2 Å². The highest BCUT2D eigenvalue weighted by atomic mass is 16.6. The molecule has 3 aliphatic rings. The van der Waals surface area contributed by atoms with E-state index in [0.29, 0.717) is 24.9 Å². The van der Waals surface area contributed by atoms with Crippen LogP contribution < -0.4 is 5.32 Å². The second-order valence-electron chi connectivity index (χ2n) is 12.6. The third-order valence-electron chi connectivity index (χ3n) is 7.92. The Morgan fingerprint density at radius 2 is 1.65 bits per heavy atom. The molecule has 0 bridgehead atoms. The van der Waals surface area contributed by atoms with Gasteiger partial charge in [-0.15, -0.1) is 13.2 Å². The second kappa shape index (κ2) is 21.4. The summed E-state index contributed by atoms with van der Waals surface area (Å²) in [6.07, 6.45) is 8.73. The first-order valence-electron chi connectivity index (χ1n) is 15.9. The molecule has 0 amide bonds. The number of carbonyl (C=O) groups is 2. The van der Waals surface area contributed by atoms with Crippen molar-refractivity contribution in [3.8, 4) is 0 Å². The van der Waals surface area contributed by atoms with E-state index in [1.807, 2.05) is 20.8 Å². The van der Waals surface area contributed by atoms with Crippen LogP contribution in [0.25, 0.3) is 0 Å². The Labute approximate surface area is 246 Å². The van der Waals surface area contributed by atoms with Gasteiger partial charge < -0.3 is 24.8 Å². The molecule has 0 spiro atoms. The van der Waals surface area contributed by atoms with Crippen LogP contribution in [0.3, 0.4) is 0 Å². The Bertz CT molecular complexity index is 655. The minimum absolute atomic E-state index is 0.0125. The lowest BCUT2D eigenvalue weighted by Gasteiger charge is -2.29. The van der Waals surface area contributed by atoms with Gasteiger partial charge in [0.1, 0.15) is 18.3 Å². The summed E-state index contributed by atoms with van der Waals surface area (Å²) >= 11 is 0. The summed E-state index contributed by atoms with van der Waals surface area (Å²) in [5, 5.41) is 12.7. The standard InChI is InChI=1S/C22H40N2O3.C7H14O2.C2H6.C2H4/c1-17-14-22(3,4)10-9-20(25)18(2)21(26)27-16-19(23-15-17)8-7-13-24-11-5-6-12-24;1-5-3-6(2)9-7(8)4-5;2*1-2/h17-19,23H,5-16H2,1-4H3;5-8H,3-4H2,1-2H3;1-2H3;1-2H2/t17-,18-,19-;5-,6+,7+;;/m10../s1. The summed E-state index contributed by atoms with van der Waals surface area (Å²) in [5.74, 6) is 0.146. The largest absolute Gasteiger partial charge is 0.463 e. The van der Waals surface area contributed by atoms with Gasteiger partial charge in [0.05, 0.1) is 6.10 Å². The first kappa shape index (κ1) is 38.7. The maximum absolute atomic E-state index is 12.4. The molecule has 3 rings (SSSR count). The van der Waals surface area contributed by atoms with E-state index >= 15 is 0 Å². The number of aliphatic hydroxyl groups is 1. The van der Waals surface area contributed by atoms with Gasteiger partial charge in [0.15, 0.2) is 6.29 Å². The Hall–Kier alpha value is -1.28. The predicted octanol–water partition coefficient (Wildman–Crippen LogP) is 6.38. The Kier molecular flexibility index (Phi) is 20.7. The molecule has 0 aliphatic carbocycles. The van der Waals surface area contributed by atoms with Gasteiger partial charge in [-0.05, 0) is 102 Å². The van der Waals surface area contributed by atoms with E-state index in [4.69, 9.17) is 14.6 Å². The summed E-state index contributed by atoms with van der Waals surface area (Å²) in [7, 11) is 0. The average molecular weight is 569 g/mol. The number of nitrogens with zero attached hydrogens (tertiary/aromatic N) is 1. The molecule has 3 fully saturated rings. The van der Waals surface area contributed by atoms with E-state index in [1.165, 1.54) is 25.9 Å². The summed E-state index contributed by atoms with van der Waals surface area (Å²) in [5.41, 5.74) is 0.111. The molecule has 7 nitrogen and oxygen atoms in total. The fraction of sp³-hybridized carbons (Fsp3) is 0.879. The highest BCUT2D eigenvalue weighted by Crippen LogP contribution is 2.31. The molecular formula is C33H64N2O5. The summed E-state index contributed by atoms with van der Waals surface area (Å²) in [6, 6.07) is 0.171. The first-order chi connectivity index (χ1) is 18.9. The number of carbonyl (C=O) groups excluding carboxylic acids is 2. The van der Waals surface area contributed by atoms with Crippen molar-refractivity contribution >= 4 is 11.8 Å². The molecule has 0 aromatic carbocycles. The number of rotatable bonds is 4. The average Bonchev–Trinajstić information content (AvgIpc) is 3.43. The number of likely N-dealkylation sites (tertiary alicyclic amines) is 1. The molecule has 3 aliphatic heterocycles. The molecule has 3 saturated heterocycles. The topological polar surface area (TPSA) is 88.1 Å². The zero-order valence-electron chi connectivity index (χ0n) is 27.3. The Morgan fingerprint density at radius 1 is 1.02 bits per heavy atom. The van der Waals surface area contributed by atoms with Crippen LogP contribution in [0.4, 0.5) is 0 Å². The SMILES string of the molecule is C=C.CC.C[C@H]1CN[C@H](CCCN2CCCC2)COC(=O)[C@H](C)C(=O)CCC(C)(C)C1.C[C@H]1C[C@@H](C)O[C@@H](O)C1. The van der Waals surface area contributed by atoms with Crippen molar-refractivity contribution in [2.45, 2.75) is 132 Å². The molecule has 0 saturated carbocycles. The molecule has 0 radical (unpaired) electrons.